The van der Waals surface area contributed by atoms with Gasteiger partial charge in [0.15, 0.2) is 0 Å². The van der Waals surface area contributed by atoms with Gasteiger partial charge in [0, 0.05) is 12.1 Å². The van der Waals surface area contributed by atoms with Crippen LogP contribution in [0.15, 0.2) is 0 Å². The van der Waals surface area contributed by atoms with Gasteiger partial charge in [-0.1, -0.05) is 19.3 Å². The van der Waals surface area contributed by atoms with Gasteiger partial charge in [-0.05, 0) is 32.1 Å². The summed E-state index contributed by atoms with van der Waals surface area (Å²) in [6.07, 6.45) is 8.14. The van der Waals surface area contributed by atoms with Crippen molar-refractivity contribution >= 4 is 0 Å². The molecule has 0 aromatic carbocycles. The van der Waals surface area contributed by atoms with Crippen LogP contribution in [0.25, 0.3) is 0 Å². The van der Waals surface area contributed by atoms with Crippen LogP contribution in [0, 0.1) is 5.92 Å². The van der Waals surface area contributed by atoms with E-state index < -0.39 is 0 Å². The molecule has 2 aliphatic rings. The van der Waals surface area contributed by atoms with Crippen LogP contribution in [0.3, 0.4) is 0 Å². The maximum absolute atomic E-state index is 6.45. The monoisotopic (exact) mass is 183 g/mol. The van der Waals surface area contributed by atoms with E-state index in [9.17, 15) is 0 Å². The molecule has 2 atom stereocenters. The van der Waals surface area contributed by atoms with Gasteiger partial charge in [-0.15, -0.1) is 0 Å². The van der Waals surface area contributed by atoms with Crippen molar-refractivity contribution in [2.24, 2.45) is 11.7 Å². The fraction of sp³-hybridized carbons (Fsp3) is 1.00. The summed E-state index contributed by atoms with van der Waals surface area (Å²) >= 11 is 0. The molecule has 0 aromatic rings. The average molecular weight is 183 g/mol. The van der Waals surface area contributed by atoms with E-state index in [1.165, 1.54) is 32.1 Å². The summed E-state index contributed by atoms with van der Waals surface area (Å²) in [5.74, 6) is 0.721. The summed E-state index contributed by atoms with van der Waals surface area (Å²) in [6, 6.07) is 0. The van der Waals surface area contributed by atoms with Gasteiger partial charge in [-0.2, -0.15) is 0 Å². The van der Waals surface area contributed by atoms with Crippen molar-refractivity contribution in [3.63, 3.8) is 0 Å². The number of nitrogens with two attached hydrogens (primary N) is 1. The first-order valence-electron chi connectivity index (χ1n) is 5.64. The Morgan fingerprint density at radius 1 is 1.23 bits per heavy atom. The van der Waals surface area contributed by atoms with E-state index in [2.05, 4.69) is 6.92 Å². The first-order valence-corrected chi connectivity index (χ1v) is 5.64. The van der Waals surface area contributed by atoms with Crippen molar-refractivity contribution in [3.05, 3.63) is 0 Å². The van der Waals surface area contributed by atoms with Crippen LogP contribution < -0.4 is 5.73 Å². The van der Waals surface area contributed by atoms with Crippen molar-refractivity contribution in [1.82, 2.24) is 0 Å². The van der Waals surface area contributed by atoms with E-state index in [1.54, 1.807) is 0 Å². The Balaban J connectivity index is 2.03. The van der Waals surface area contributed by atoms with E-state index in [0.717, 1.165) is 18.9 Å². The quantitative estimate of drug-likeness (QED) is 0.675. The molecule has 1 saturated heterocycles. The van der Waals surface area contributed by atoms with Crippen LogP contribution in [0.5, 0.6) is 0 Å². The third-order valence-electron chi connectivity index (χ3n) is 4.03. The van der Waals surface area contributed by atoms with Gasteiger partial charge in [0.2, 0.25) is 0 Å². The van der Waals surface area contributed by atoms with Gasteiger partial charge in [0.25, 0.3) is 0 Å². The molecule has 13 heavy (non-hydrogen) atoms. The lowest BCUT2D eigenvalue weighted by Crippen LogP contribution is -2.53. The minimum Gasteiger partial charge on any atom is -0.377 e. The molecule has 2 rings (SSSR count). The van der Waals surface area contributed by atoms with E-state index in [4.69, 9.17) is 10.5 Å². The summed E-state index contributed by atoms with van der Waals surface area (Å²) in [7, 11) is 0. The molecule has 0 amide bonds. The highest BCUT2D eigenvalue weighted by Crippen LogP contribution is 2.38. The second-order valence-electron chi connectivity index (χ2n) is 4.71. The lowest BCUT2D eigenvalue weighted by molar-refractivity contribution is 0.0650. The Hall–Kier alpha value is -0.0800. The number of rotatable bonds is 1. The molecule has 2 nitrogen and oxygen atoms in total. The summed E-state index contributed by atoms with van der Waals surface area (Å²) in [5.41, 5.74) is 6.45. The molecule has 0 spiro atoms. The Morgan fingerprint density at radius 2 is 1.92 bits per heavy atom. The first-order chi connectivity index (χ1) is 6.23. The second-order valence-corrected chi connectivity index (χ2v) is 4.71. The topological polar surface area (TPSA) is 35.2 Å². The van der Waals surface area contributed by atoms with Crippen LogP contribution >= 0.6 is 0 Å². The zero-order chi connectivity index (χ0) is 9.31. The standard InChI is InChI=1S/C11H21NO/c1-9-11(12,7-8-13-9)10-5-3-2-4-6-10/h9-10H,2-8,12H2,1H3. The number of hydrogen-bond acceptors (Lipinski definition) is 2. The fourth-order valence-electron chi connectivity index (χ4n) is 2.95. The van der Waals surface area contributed by atoms with Crippen molar-refractivity contribution in [2.45, 2.75) is 57.1 Å². The molecule has 0 radical (unpaired) electrons. The van der Waals surface area contributed by atoms with E-state index in [0.29, 0.717) is 0 Å². The van der Waals surface area contributed by atoms with Crippen LogP contribution in [0.4, 0.5) is 0 Å². The molecule has 1 aliphatic carbocycles. The van der Waals surface area contributed by atoms with Crippen LogP contribution in [0.2, 0.25) is 0 Å². The second kappa shape index (κ2) is 3.58. The van der Waals surface area contributed by atoms with Crippen LogP contribution in [0.1, 0.15) is 45.4 Å². The SMILES string of the molecule is CC1OCCC1(N)C1CCCCC1. The lowest BCUT2D eigenvalue weighted by atomic mass is 9.72. The lowest BCUT2D eigenvalue weighted by Gasteiger charge is -2.38. The van der Waals surface area contributed by atoms with Gasteiger partial charge in [-0.3, -0.25) is 0 Å². The van der Waals surface area contributed by atoms with Gasteiger partial charge >= 0.3 is 0 Å². The zero-order valence-corrected chi connectivity index (χ0v) is 8.59. The maximum atomic E-state index is 6.45. The molecule has 76 valence electrons. The molecule has 2 fully saturated rings. The van der Waals surface area contributed by atoms with E-state index in [1.807, 2.05) is 0 Å². The molecule has 2 heteroatoms. The molecular weight excluding hydrogens is 162 g/mol. The number of hydrogen-bond donors (Lipinski definition) is 1. The smallest absolute Gasteiger partial charge is 0.0729 e. The predicted molar refractivity (Wildman–Crippen MR) is 53.5 cm³/mol. The third kappa shape index (κ3) is 1.62. The summed E-state index contributed by atoms with van der Waals surface area (Å²) < 4.78 is 5.60. The molecule has 1 saturated carbocycles. The molecule has 0 bridgehead atoms. The molecule has 0 aromatic heterocycles. The first kappa shape index (κ1) is 9.47. The minimum atomic E-state index is 0.000417. The molecule has 2 N–H and O–H groups in total. The Morgan fingerprint density at radius 3 is 2.46 bits per heavy atom. The van der Waals surface area contributed by atoms with Gasteiger partial charge in [-0.25, -0.2) is 0 Å². The predicted octanol–water partition coefficient (Wildman–Crippen LogP) is 2.07. The Bertz CT molecular complexity index is 177. The largest absolute Gasteiger partial charge is 0.377 e. The molecular formula is C11H21NO. The Kier molecular flexibility index (Phi) is 2.61. The van der Waals surface area contributed by atoms with Gasteiger partial charge in [0.05, 0.1) is 6.10 Å². The van der Waals surface area contributed by atoms with Crippen molar-refractivity contribution in [2.75, 3.05) is 6.61 Å². The zero-order valence-electron chi connectivity index (χ0n) is 8.59. The maximum Gasteiger partial charge on any atom is 0.0729 e. The summed E-state index contributed by atoms with van der Waals surface area (Å²) in [5, 5.41) is 0. The third-order valence-corrected chi connectivity index (χ3v) is 4.03. The van der Waals surface area contributed by atoms with E-state index >= 15 is 0 Å². The molecule has 1 heterocycles. The summed E-state index contributed by atoms with van der Waals surface area (Å²) in [6.45, 7) is 3.01. The van der Waals surface area contributed by atoms with Crippen molar-refractivity contribution < 1.29 is 4.74 Å². The fourth-order valence-corrected chi connectivity index (χ4v) is 2.95. The van der Waals surface area contributed by atoms with Crippen molar-refractivity contribution in [3.8, 4) is 0 Å². The molecule has 2 unspecified atom stereocenters. The van der Waals surface area contributed by atoms with Crippen molar-refractivity contribution in [1.29, 1.82) is 0 Å². The van der Waals surface area contributed by atoms with Crippen LogP contribution in [-0.2, 0) is 4.74 Å². The highest BCUT2D eigenvalue weighted by atomic mass is 16.5. The normalized spacial score (nSPS) is 42.5. The van der Waals surface area contributed by atoms with Gasteiger partial charge in [0.1, 0.15) is 0 Å². The summed E-state index contributed by atoms with van der Waals surface area (Å²) in [4.78, 5) is 0. The highest BCUT2D eigenvalue weighted by Gasteiger charge is 2.44. The number of ether oxygens (including phenoxy) is 1. The Labute approximate surface area is 80.8 Å². The highest BCUT2D eigenvalue weighted by molar-refractivity contribution is 5.00. The molecule has 1 aliphatic heterocycles. The van der Waals surface area contributed by atoms with Gasteiger partial charge < -0.3 is 10.5 Å². The average Bonchev–Trinajstić information content (AvgIpc) is 2.50. The minimum absolute atomic E-state index is 0.000417. The van der Waals surface area contributed by atoms with Crippen LogP contribution in [-0.4, -0.2) is 18.2 Å². The van der Waals surface area contributed by atoms with E-state index in [-0.39, 0.29) is 11.6 Å².